The maximum Gasteiger partial charge on any atom is 0.326 e. The van der Waals surface area contributed by atoms with Gasteiger partial charge in [-0.25, -0.2) is 4.79 Å². The lowest BCUT2D eigenvalue weighted by Gasteiger charge is -2.27. The van der Waals surface area contributed by atoms with Crippen molar-refractivity contribution in [3.63, 3.8) is 0 Å². The lowest BCUT2D eigenvalue weighted by atomic mass is 9.96. The predicted molar refractivity (Wildman–Crippen MR) is 132 cm³/mol. The maximum atomic E-state index is 13.1. The van der Waals surface area contributed by atoms with Crippen LogP contribution in [0.15, 0.2) is 24.3 Å². The van der Waals surface area contributed by atoms with Crippen LogP contribution in [0.25, 0.3) is 0 Å². The first-order chi connectivity index (χ1) is 17.7. The molecule has 1 aromatic carbocycles. The Bertz CT molecular complexity index is 1010. The standard InChI is InChI=1S/C24H34N4O10/c1-3-12(2)20(28-21(34)15(25)10-13-4-6-14(29)7-5-13)23(36)27-17(11-19(32)33)22(35)26-16(24(37)38)8-9-18(30)31/h4-7,12,15-17,20,29H,3,8-11,25H2,1-2H3,(H,26,35)(H,27,36)(H,28,34)(H,30,31)(H,32,33)(H,37,38). The zero-order chi connectivity index (χ0) is 29.0. The Balaban J connectivity index is 3.00. The Morgan fingerprint density at radius 2 is 1.42 bits per heavy atom. The molecule has 0 aliphatic rings. The van der Waals surface area contributed by atoms with Gasteiger partial charge in [0.15, 0.2) is 0 Å². The van der Waals surface area contributed by atoms with Crippen LogP contribution in [0.3, 0.4) is 0 Å². The Labute approximate surface area is 218 Å². The van der Waals surface area contributed by atoms with E-state index in [1.54, 1.807) is 26.0 Å². The van der Waals surface area contributed by atoms with Crippen molar-refractivity contribution < 1.29 is 49.2 Å². The molecular weight excluding hydrogens is 504 g/mol. The summed E-state index contributed by atoms with van der Waals surface area (Å²) < 4.78 is 0. The molecule has 0 saturated heterocycles. The minimum atomic E-state index is -1.71. The summed E-state index contributed by atoms with van der Waals surface area (Å²) in [7, 11) is 0. The first-order valence-corrected chi connectivity index (χ1v) is 11.9. The molecule has 0 fully saturated rings. The van der Waals surface area contributed by atoms with Crippen molar-refractivity contribution in [3.05, 3.63) is 29.8 Å². The van der Waals surface area contributed by atoms with Gasteiger partial charge in [0.1, 0.15) is 23.9 Å². The molecule has 0 radical (unpaired) electrons. The molecule has 0 spiro atoms. The van der Waals surface area contributed by atoms with Gasteiger partial charge in [-0.2, -0.15) is 0 Å². The van der Waals surface area contributed by atoms with E-state index >= 15 is 0 Å². The average Bonchev–Trinajstić information content (AvgIpc) is 2.84. The number of benzene rings is 1. The van der Waals surface area contributed by atoms with E-state index in [1.807, 2.05) is 0 Å². The van der Waals surface area contributed by atoms with Crippen LogP contribution < -0.4 is 21.7 Å². The highest BCUT2D eigenvalue weighted by Crippen LogP contribution is 2.13. The summed E-state index contributed by atoms with van der Waals surface area (Å²) in [6.07, 6.45) is -1.42. The molecule has 14 nitrogen and oxygen atoms in total. The molecule has 14 heteroatoms. The van der Waals surface area contributed by atoms with Crippen LogP contribution in [-0.4, -0.2) is 80.2 Å². The van der Waals surface area contributed by atoms with Crippen molar-refractivity contribution >= 4 is 35.6 Å². The van der Waals surface area contributed by atoms with E-state index in [4.69, 9.17) is 10.8 Å². The lowest BCUT2D eigenvalue weighted by molar-refractivity contribution is -0.144. The molecule has 1 aromatic rings. The fourth-order valence-corrected chi connectivity index (χ4v) is 3.38. The summed E-state index contributed by atoms with van der Waals surface area (Å²) in [4.78, 5) is 72.0. The molecule has 38 heavy (non-hydrogen) atoms. The smallest absolute Gasteiger partial charge is 0.326 e. The van der Waals surface area contributed by atoms with Crippen LogP contribution in [0.5, 0.6) is 5.75 Å². The summed E-state index contributed by atoms with van der Waals surface area (Å²) in [5, 5.41) is 43.4. The SMILES string of the molecule is CCC(C)C(NC(=O)C(N)Cc1ccc(O)cc1)C(=O)NC(CC(=O)O)C(=O)NC(CCC(=O)O)C(=O)O. The number of phenols is 1. The Morgan fingerprint density at radius 3 is 1.92 bits per heavy atom. The summed E-state index contributed by atoms with van der Waals surface area (Å²) in [6.45, 7) is 3.39. The maximum absolute atomic E-state index is 13.1. The Morgan fingerprint density at radius 1 is 0.842 bits per heavy atom. The molecule has 0 aliphatic heterocycles. The van der Waals surface area contributed by atoms with E-state index in [1.165, 1.54) is 12.1 Å². The van der Waals surface area contributed by atoms with Crippen molar-refractivity contribution in [2.75, 3.05) is 0 Å². The number of nitrogens with one attached hydrogen (secondary N) is 3. The van der Waals surface area contributed by atoms with E-state index in [0.717, 1.165) is 0 Å². The fraction of sp³-hybridized carbons (Fsp3) is 0.500. The van der Waals surface area contributed by atoms with Gasteiger partial charge in [0.05, 0.1) is 12.5 Å². The molecule has 210 valence electrons. The lowest BCUT2D eigenvalue weighted by Crippen LogP contribution is -2.59. The number of amides is 3. The van der Waals surface area contributed by atoms with Crippen molar-refractivity contribution in [1.29, 1.82) is 0 Å². The highest BCUT2D eigenvalue weighted by molar-refractivity contribution is 5.95. The average molecular weight is 539 g/mol. The summed E-state index contributed by atoms with van der Waals surface area (Å²) in [5.41, 5.74) is 6.64. The van der Waals surface area contributed by atoms with E-state index in [0.29, 0.717) is 12.0 Å². The molecule has 0 heterocycles. The molecule has 0 aromatic heterocycles. The zero-order valence-corrected chi connectivity index (χ0v) is 21.0. The quantitative estimate of drug-likeness (QED) is 0.129. The number of phenolic OH excluding ortho intramolecular Hbond substituents is 1. The zero-order valence-electron chi connectivity index (χ0n) is 21.0. The second kappa shape index (κ2) is 15.1. The number of aliphatic carboxylic acids is 3. The molecule has 9 N–H and O–H groups in total. The number of carbonyl (C=O) groups is 6. The second-order valence-electron chi connectivity index (χ2n) is 8.84. The predicted octanol–water partition coefficient (Wildman–Crippen LogP) is -0.813. The van der Waals surface area contributed by atoms with Gasteiger partial charge >= 0.3 is 17.9 Å². The van der Waals surface area contributed by atoms with Crippen molar-refractivity contribution in [1.82, 2.24) is 16.0 Å². The first kappa shape index (κ1) is 31.8. The van der Waals surface area contributed by atoms with Gasteiger partial charge in [0.25, 0.3) is 0 Å². The third-order valence-electron chi connectivity index (χ3n) is 5.80. The van der Waals surface area contributed by atoms with Crippen molar-refractivity contribution in [2.24, 2.45) is 11.7 Å². The van der Waals surface area contributed by atoms with Crippen LogP contribution in [-0.2, 0) is 35.2 Å². The van der Waals surface area contributed by atoms with Crippen LogP contribution >= 0.6 is 0 Å². The van der Waals surface area contributed by atoms with Gasteiger partial charge in [-0.05, 0) is 36.5 Å². The normalized spacial score (nSPS) is 14.7. The topological polar surface area (TPSA) is 245 Å². The van der Waals surface area contributed by atoms with E-state index < -0.39 is 85.0 Å². The molecule has 5 unspecified atom stereocenters. The molecule has 5 atom stereocenters. The molecule has 0 bridgehead atoms. The minimum Gasteiger partial charge on any atom is -0.508 e. The Hall–Kier alpha value is -4.20. The van der Waals surface area contributed by atoms with E-state index in [9.17, 15) is 44.1 Å². The van der Waals surface area contributed by atoms with Gasteiger partial charge in [0.2, 0.25) is 17.7 Å². The minimum absolute atomic E-state index is 0.0387. The number of carboxylic acids is 3. The number of carbonyl (C=O) groups excluding carboxylic acids is 3. The number of carboxylic acid groups (broad SMARTS) is 3. The number of aromatic hydroxyl groups is 1. The van der Waals surface area contributed by atoms with Crippen molar-refractivity contribution in [3.8, 4) is 5.75 Å². The molecule has 1 rings (SSSR count). The third kappa shape index (κ3) is 10.8. The van der Waals surface area contributed by atoms with Gasteiger partial charge < -0.3 is 42.1 Å². The van der Waals surface area contributed by atoms with E-state index in [-0.39, 0.29) is 12.2 Å². The monoisotopic (exact) mass is 538 g/mol. The number of nitrogens with two attached hydrogens (primary N) is 1. The first-order valence-electron chi connectivity index (χ1n) is 11.9. The van der Waals surface area contributed by atoms with Gasteiger partial charge in [-0.3, -0.25) is 24.0 Å². The highest BCUT2D eigenvalue weighted by atomic mass is 16.4. The molecule has 0 aliphatic carbocycles. The van der Waals surface area contributed by atoms with E-state index in [2.05, 4.69) is 16.0 Å². The number of hydrogen-bond acceptors (Lipinski definition) is 8. The summed E-state index contributed by atoms with van der Waals surface area (Å²) in [5.74, 6) is -7.43. The summed E-state index contributed by atoms with van der Waals surface area (Å²) >= 11 is 0. The Kier molecular flexibility index (Phi) is 12.7. The van der Waals surface area contributed by atoms with Gasteiger partial charge in [0, 0.05) is 6.42 Å². The van der Waals surface area contributed by atoms with Gasteiger partial charge in [-0.1, -0.05) is 32.4 Å². The summed E-state index contributed by atoms with van der Waals surface area (Å²) in [6, 6.07) is 0.413. The molecule has 3 amide bonds. The molecular formula is C24H34N4O10. The number of hydrogen-bond donors (Lipinski definition) is 8. The van der Waals surface area contributed by atoms with Crippen LogP contribution in [0.1, 0.15) is 45.1 Å². The second-order valence-corrected chi connectivity index (χ2v) is 8.84. The third-order valence-corrected chi connectivity index (χ3v) is 5.80. The fourth-order valence-electron chi connectivity index (χ4n) is 3.38. The van der Waals surface area contributed by atoms with Crippen molar-refractivity contribution in [2.45, 2.75) is 70.1 Å². The van der Waals surface area contributed by atoms with Crippen LogP contribution in [0.2, 0.25) is 0 Å². The van der Waals surface area contributed by atoms with Crippen LogP contribution in [0.4, 0.5) is 0 Å². The number of rotatable bonds is 16. The highest BCUT2D eigenvalue weighted by Gasteiger charge is 2.33. The molecule has 0 saturated carbocycles. The van der Waals surface area contributed by atoms with Crippen LogP contribution in [0, 0.1) is 5.92 Å². The largest absolute Gasteiger partial charge is 0.508 e. The van der Waals surface area contributed by atoms with Gasteiger partial charge in [-0.15, -0.1) is 0 Å².